The van der Waals surface area contributed by atoms with Crippen LogP contribution in [0, 0.1) is 0 Å². The molecule has 0 atom stereocenters. The summed E-state index contributed by atoms with van der Waals surface area (Å²) in [6.45, 7) is 1.62. The largest absolute Gasteiger partial charge is 0.342 e. The van der Waals surface area contributed by atoms with Crippen LogP contribution in [0.3, 0.4) is 0 Å². The highest BCUT2D eigenvalue weighted by molar-refractivity contribution is 5.93. The van der Waals surface area contributed by atoms with Gasteiger partial charge in [0.15, 0.2) is 0 Å². The molecule has 0 aromatic carbocycles. The molecule has 96 valence electrons. The maximum Gasteiger partial charge on any atom is 0.325 e. The van der Waals surface area contributed by atoms with Gasteiger partial charge in [-0.15, -0.1) is 0 Å². The third-order valence-electron chi connectivity index (χ3n) is 2.80. The highest BCUT2D eigenvalue weighted by Gasteiger charge is 2.23. The van der Waals surface area contributed by atoms with Gasteiger partial charge in [0.25, 0.3) is 11.5 Å². The van der Waals surface area contributed by atoms with Crippen LogP contribution < -0.4 is 11.2 Å². The summed E-state index contributed by atoms with van der Waals surface area (Å²) in [7, 11) is 0. The van der Waals surface area contributed by atoms with Crippen molar-refractivity contribution < 1.29 is 9.59 Å². The highest BCUT2D eigenvalue weighted by Crippen LogP contribution is 2.03. The third kappa shape index (κ3) is 2.31. The summed E-state index contributed by atoms with van der Waals surface area (Å²) in [6.07, 6.45) is 1.84. The van der Waals surface area contributed by atoms with Gasteiger partial charge >= 0.3 is 5.69 Å². The van der Waals surface area contributed by atoms with Crippen molar-refractivity contribution >= 4 is 12.3 Å². The van der Waals surface area contributed by atoms with Gasteiger partial charge in [-0.25, -0.2) is 4.79 Å². The van der Waals surface area contributed by atoms with E-state index in [4.69, 9.17) is 0 Å². The molecular formula is C10H12N4O4. The lowest BCUT2D eigenvalue weighted by Gasteiger charge is -2.32. The minimum Gasteiger partial charge on any atom is -0.342 e. The summed E-state index contributed by atoms with van der Waals surface area (Å²) >= 11 is 0. The van der Waals surface area contributed by atoms with Gasteiger partial charge in [0.05, 0.1) is 0 Å². The van der Waals surface area contributed by atoms with Crippen LogP contribution in [0.15, 0.2) is 15.8 Å². The first-order chi connectivity index (χ1) is 8.61. The number of piperazine rings is 1. The second-order valence-corrected chi connectivity index (χ2v) is 3.92. The lowest BCUT2D eigenvalue weighted by Crippen LogP contribution is -2.49. The second kappa shape index (κ2) is 4.86. The van der Waals surface area contributed by atoms with Crippen LogP contribution in [-0.2, 0) is 4.79 Å². The maximum atomic E-state index is 12.0. The molecule has 1 aromatic rings. The predicted octanol–water partition coefficient (Wildman–Crippen LogP) is -2.02. The second-order valence-electron chi connectivity index (χ2n) is 3.92. The average molecular weight is 252 g/mol. The lowest BCUT2D eigenvalue weighted by molar-refractivity contribution is -0.119. The molecule has 18 heavy (non-hydrogen) atoms. The van der Waals surface area contributed by atoms with Crippen molar-refractivity contribution in [2.45, 2.75) is 0 Å². The van der Waals surface area contributed by atoms with Crippen LogP contribution in [0.1, 0.15) is 10.4 Å². The highest BCUT2D eigenvalue weighted by atomic mass is 16.2. The van der Waals surface area contributed by atoms with E-state index in [0.29, 0.717) is 26.2 Å². The van der Waals surface area contributed by atoms with Gasteiger partial charge in [0.1, 0.15) is 5.56 Å². The molecule has 2 amide bonds. The molecule has 1 aromatic heterocycles. The number of carbonyl (C=O) groups is 2. The molecule has 8 nitrogen and oxygen atoms in total. The van der Waals surface area contributed by atoms with Crippen LogP contribution in [0.2, 0.25) is 0 Å². The molecule has 0 unspecified atom stereocenters. The zero-order valence-electron chi connectivity index (χ0n) is 9.51. The van der Waals surface area contributed by atoms with Crippen molar-refractivity contribution in [3.8, 4) is 0 Å². The Morgan fingerprint density at radius 1 is 1.22 bits per heavy atom. The van der Waals surface area contributed by atoms with Gasteiger partial charge in [0, 0.05) is 32.4 Å². The number of aromatic amines is 2. The van der Waals surface area contributed by atoms with Crippen molar-refractivity contribution in [2.24, 2.45) is 0 Å². The van der Waals surface area contributed by atoms with Crippen LogP contribution in [0.4, 0.5) is 0 Å². The number of amides is 2. The van der Waals surface area contributed by atoms with Crippen molar-refractivity contribution in [1.29, 1.82) is 0 Å². The van der Waals surface area contributed by atoms with Gasteiger partial charge in [-0.2, -0.15) is 0 Å². The van der Waals surface area contributed by atoms with Gasteiger partial charge in [-0.1, -0.05) is 0 Å². The van der Waals surface area contributed by atoms with Crippen LogP contribution in [-0.4, -0.2) is 58.3 Å². The van der Waals surface area contributed by atoms with E-state index in [1.807, 2.05) is 4.98 Å². The first kappa shape index (κ1) is 12.1. The molecule has 0 bridgehead atoms. The number of carbonyl (C=O) groups excluding carboxylic acids is 2. The van der Waals surface area contributed by atoms with Gasteiger partial charge in [-0.05, 0) is 0 Å². The Balaban J connectivity index is 2.15. The Morgan fingerprint density at radius 3 is 2.44 bits per heavy atom. The summed E-state index contributed by atoms with van der Waals surface area (Å²) in [5.41, 5.74) is -1.46. The first-order valence-corrected chi connectivity index (χ1v) is 5.42. The van der Waals surface area contributed by atoms with Crippen LogP contribution in [0.25, 0.3) is 0 Å². The van der Waals surface area contributed by atoms with E-state index >= 15 is 0 Å². The van der Waals surface area contributed by atoms with Gasteiger partial charge in [-0.3, -0.25) is 19.4 Å². The fraction of sp³-hybridized carbons (Fsp3) is 0.400. The van der Waals surface area contributed by atoms with Gasteiger partial charge in [0.2, 0.25) is 6.41 Å². The zero-order valence-corrected chi connectivity index (χ0v) is 9.51. The van der Waals surface area contributed by atoms with E-state index in [9.17, 15) is 19.2 Å². The van der Waals surface area contributed by atoms with Crippen molar-refractivity contribution in [3.63, 3.8) is 0 Å². The first-order valence-electron chi connectivity index (χ1n) is 5.42. The number of H-pyrrole nitrogens is 2. The Hall–Kier alpha value is -2.38. The topological polar surface area (TPSA) is 106 Å². The molecule has 1 aliphatic rings. The monoisotopic (exact) mass is 252 g/mol. The molecule has 0 spiro atoms. The molecule has 1 fully saturated rings. The SMILES string of the molecule is O=CN1CCN(C(=O)c2c[nH]c(=O)[nH]c2=O)CC1. The fourth-order valence-electron chi connectivity index (χ4n) is 1.77. The third-order valence-corrected chi connectivity index (χ3v) is 2.80. The Morgan fingerprint density at radius 2 is 1.89 bits per heavy atom. The van der Waals surface area contributed by atoms with E-state index in [0.717, 1.165) is 12.6 Å². The average Bonchev–Trinajstić information content (AvgIpc) is 2.38. The van der Waals surface area contributed by atoms with E-state index in [1.54, 1.807) is 4.90 Å². The van der Waals surface area contributed by atoms with Crippen molar-refractivity contribution in [3.05, 3.63) is 32.6 Å². The zero-order chi connectivity index (χ0) is 13.1. The minimum atomic E-state index is -0.707. The molecule has 0 saturated carbocycles. The molecule has 2 N–H and O–H groups in total. The summed E-state index contributed by atoms with van der Waals surface area (Å²) in [5.74, 6) is -0.446. The summed E-state index contributed by atoms with van der Waals surface area (Å²) < 4.78 is 0. The lowest BCUT2D eigenvalue weighted by atomic mass is 10.2. The number of nitrogens with zero attached hydrogens (tertiary/aromatic N) is 2. The van der Waals surface area contributed by atoms with Crippen LogP contribution in [0.5, 0.6) is 0 Å². The normalized spacial score (nSPS) is 15.6. The van der Waals surface area contributed by atoms with E-state index in [2.05, 4.69) is 4.98 Å². The summed E-state index contributed by atoms with van der Waals surface area (Å²) in [4.78, 5) is 52.1. The van der Waals surface area contributed by atoms with E-state index in [1.165, 1.54) is 4.90 Å². The number of aromatic nitrogens is 2. The van der Waals surface area contributed by atoms with Crippen LogP contribution >= 0.6 is 0 Å². The minimum absolute atomic E-state index is 0.103. The van der Waals surface area contributed by atoms with Crippen molar-refractivity contribution in [1.82, 2.24) is 19.8 Å². The van der Waals surface area contributed by atoms with E-state index < -0.39 is 17.2 Å². The number of rotatable bonds is 2. The number of hydrogen-bond acceptors (Lipinski definition) is 4. The smallest absolute Gasteiger partial charge is 0.325 e. The number of hydrogen-bond donors (Lipinski definition) is 2. The maximum absolute atomic E-state index is 12.0. The van der Waals surface area contributed by atoms with Crippen molar-refractivity contribution in [2.75, 3.05) is 26.2 Å². The summed E-state index contributed by atoms with van der Waals surface area (Å²) in [5, 5.41) is 0. The Bertz CT molecular complexity index is 568. The number of nitrogens with one attached hydrogen (secondary N) is 2. The molecule has 0 radical (unpaired) electrons. The molecule has 8 heteroatoms. The molecule has 2 rings (SSSR count). The molecule has 1 saturated heterocycles. The molecule has 1 aliphatic heterocycles. The van der Waals surface area contributed by atoms with Gasteiger partial charge < -0.3 is 14.8 Å². The van der Waals surface area contributed by atoms with E-state index in [-0.39, 0.29) is 5.56 Å². The quantitative estimate of drug-likeness (QED) is 0.592. The Labute approximate surface area is 101 Å². The standard InChI is InChI=1S/C10H12N4O4/c15-6-13-1-3-14(4-2-13)9(17)7-5-11-10(18)12-8(7)16/h5-6H,1-4H2,(H2,11,12,16,18). The predicted molar refractivity (Wildman–Crippen MR) is 61.2 cm³/mol. The molecule has 2 heterocycles. The fourth-order valence-corrected chi connectivity index (χ4v) is 1.77. The summed E-state index contributed by atoms with van der Waals surface area (Å²) in [6, 6.07) is 0. The molecule has 0 aliphatic carbocycles. The molecular weight excluding hydrogens is 240 g/mol. The Kier molecular flexibility index (Phi) is 3.26.